The van der Waals surface area contributed by atoms with Crippen LogP contribution in [0.3, 0.4) is 0 Å². The lowest BCUT2D eigenvalue weighted by Crippen LogP contribution is -2.17. The van der Waals surface area contributed by atoms with Crippen LogP contribution in [0.1, 0.15) is 5.56 Å². The van der Waals surface area contributed by atoms with E-state index in [9.17, 15) is 4.79 Å². The normalized spacial score (nSPS) is 15.0. The highest BCUT2D eigenvalue weighted by molar-refractivity contribution is 7.16. The molecule has 7 nitrogen and oxygen atoms in total. The number of ether oxygens (including phenoxy) is 4. The Morgan fingerprint density at radius 3 is 2.66 bits per heavy atom. The third-order valence-electron chi connectivity index (χ3n) is 4.67. The van der Waals surface area contributed by atoms with E-state index < -0.39 is 0 Å². The zero-order chi connectivity index (χ0) is 19.8. The van der Waals surface area contributed by atoms with E-state index in [0.717, 1.165) is 15.8 Å². The number of hydrogen-bond donors (Lipinski definition) is 0. The summed E-state index contributed by atoms with van der Waals surface area (Å²) >= 11 is 1.44. The number of nitrogens with zero attached hydrogens (tertiary/aromatic N) is 2. The number of aromatic nitrogens is 1. The number of rotatable bonds is 4. The van der Waals surface area contributed by atoms with Gasteiger partial charge >= 0.3 is 0 Å². The largest absolute Gasteiger partial charge is 0.486 e. The topological polar surface area (TPSA) is 71.3 Å². The van der Waals surface area contributed by atoms with Gasteiger partial charge in [0.1, 0.15) is 13.2 Å². The predicted octanol–water partition coefficient (Wildman–Crippen LogP) is 3.06. The fourth-order valence-electron chi connectivity index (χ4n) is 3.37. The number of hydrogen-bond acceptors (Lipinski definition) is 6. The van der Waals surface area contributed by atoms with E-state index in [1.165, 1.54) is 11.3 Å². The zero-order valence-corrected chi connectivity index (χ0v) is 16.4. The fraction of sp³-hybridized carbons (Fsp3) is 0.238. The monoisotopic (exact) mass is 410 g/mol. The summed E-state index contributed by atoms with van der Waals surface area (Å²) in [5, 5.41) is 0. The number of thiazole rings is 1. The van der Waals surface area contributed by atoms with Crippen molar-refractivity contribution in [2.24, 2.45) is 4.99 Å². The summed E-state index contributed by atoms with van der Waals surface area (Å²) in [6, 6.07) is 9.36. The molecule has 29 heavy (non-hydrogen) atoms. The van der Waals surface area contributed by atoms with E-state index in [0.29, 0.717) is 47.6 Å². The molecule has 1 aromatic heterocycles. The molecule has 2 aliphatic heterocycles. The second-order valence-electron chi connectivity index (χ2n) is 6.62. The first kappa shape index (κ1) is 17.8. The van der Waals surface area contributed by atoms with Crippen LogP contribution >= 0.6 is 11.3 Å². The van der Waals surface area contributed by atoms with Crippen molar-refractivity contribution in [3.63, 3.8) is 0 Å². The molecule has 0 saturated heterocycles. The first-order valence-corrected chi connectivity index (χ1v) is 10.0. The molecule has 3 aromatic rings. The third kappa shape index (κ3) is 3.36. The van der Waals surface area contributed by atoms with Crippen LogP contribution in [-0.4, -0.2) is 30.5 Å². The van der Waals surface area contributed by atoms with Crippen molar-refractivity contribution >= 4 is 27.5 Å². The maximum Gasteiger partial charge on any atom is 0.252 e. The molecule has 5 rings (SSSR count). The highest BCUT2D eigenvalue weighted by Gasteiger charge is 2.17. The summed E-state index contributed by atoms with van der Waals surface area (Å²) in [5.74, 6) is 2.54. The average Bonchev–Trinajstić information content (AvgIpc) is 3.31. The van der Waals surface area contributed by atoms with Crippen LogP contribution < -0.4 is 23.7 Å². The number of carbonyl (C=O) groups excluding carboxylic acids is 1. The lowest BCUT2D eigenvalue weighted by Gasteiger charge is -2.18. The van der Waals surface area contributed by atoms with Crippen LogP contribution in [0.5, 0.6) is 23.0 Å². The Balaban J connectivity index is 1.50. The minimum atomic E-state index is -0.231. The van der Waals surface area contributed by atoms with E-state index in [1.807, 2.05) is 34.9 Å². The van der Waals surface area contributed by atoms with Gasteiger partial charge < -0.3 is 23.5 Å². The van der Waals surface area contributed by atoms with Crippen molar-refractivity contribution in [1.82, 2.24) is 4.57 Å². The minimum absolute atomic E-state index is 0.182. The number of allylic oxidation sites excluding steroid dienone is 1. The van der Waals surface area contributed by atoms with E-state index >= 15 is 0 Å². The van der Waals surface area contributed by atoms with Crippen molar-refractivity contribution in [1.29, 1.82) is 0 Å². The molecule has 3 heterocycles. The van der Waals surface area contributed by atoms with Crippen LogP contribution in [0.25, 0.3) is 10.2 Å². The van der Waals surface area contributed by atoms with Gasteiger partial charge in [0.15, 0.2) is 27.8 Å². The van der Waals surface area contributed by atoms with Crippen molar-refractivity contribution < 1.29 is 23.7 Å². The molecule has 0 spiro atoms. The molecule has 0 radical (unpaired) electrons. The van der Waals surface area contributed by atoms with Crippen molar-refractivity contribution in [3.05, 3.63) is 53.4 Å². The van der Waals surface area contributed by atoms with Crippen molar-refractivity contribution in [2.45, 2.75) is 13.0 Å². The minimum Gasteiger partial charge on any atom is -0.486 e. The third-order valence-corrected chi connectivity index (χ3v) is 5.71. The Morgan fingerprint density at radius 2 is 1.83 bits per heavy atom. The standard InChI is InChI=1S/C21H18N2O5S/c1-2-5-23-14-10-17-18(26-7-6-25-17)11-19(14)29-21(23)22-20(24)9-13-3-4-15-16(8-13)28-12-27-15/h2-4,8,10-11H,1,5-7,9,12H2. The molecule has 0 N–H and O–H groups in total. The van der Waals surface area contributed by atoms with Gasteiger partial charge in [-0.25, -0.2) is 0 Å². The van der Waals surface area contributed by atoms with Crippen LogP contribution in [-0.2, 0) is 17.8 Å². The molecule has 0 atom stereocenters. The lowest BCUT2D eigenvalue weighted by atomic mass is 10.1. The molecular weight excluding hydrogens is 392 g/mol. The van der Waals surface area contributed by atoms with Crippen LogP contribution in [0.4, 0.5) is 0 Å². The van der Waals surface area contributed by atoms with Crippen LogP contribution in [0, 0.1) is 0 Å². The first-order valence-electron chi connectivity index (χ1n) is 9.21. The van der Waals surface area contributed by atoms with E-state index in [1.54, 1.807) is 6.08 Å². The summed E-state index contributed by atoms with van der Waals surface area (Å²) in [6.07, 6.45) is 1.96. The summed E-state index contributed by atoms with van der Waals surface area (Å²) in [7, 11) is 0. The van der Waals surface area contributed by atoms with Gasteiger partial charge in [-0.2, -0.15) is 4.99 Å². The molecule has 0 saturated carbocycles. The fourth-order valence-corrected chi connectivity index (χ4v) is 4.44. The molecule has 0 fully saturated rings. The maximum absolute atomic E-state index is 12.7. The Hall–Kier alpha value is -3.26. The first-order chi connectivity index (χ1) is 14.2. The van der Waals surface area contributed by atoms with E-state index in [4.69, 9.17) is 18.9 Å². The molecule has 0 unspecified atom stereocenters. The molecule has 148 valence electrons. The summed E-state index contributed by atoms with van der Waals surface area (Å²) in [5.41, 5.74) is 1.77. The van der Waals surface area contributed by atoms with Gasteiger partial charge in [-0.05, 0) is 17.7 Å². The number of carbonyl (C=O) groups is 1. The summed E-state index contributed by atoms with van der Waals surface area (Å²) in [6.45, 7) is 5.62. The quantitative estimate of drug-likeness (QED) is 0.619. The Kier molecular flexibility index (Phi) is 4.48. The number of amides is 1. The number of benzene rings is 2. The van der Waals surface area contributed by atoms with E-state index in [-0.39, 0.29) is 19.1 Å². The van der Waals surface area contributed by atoms with Gasteiger partial charge in [0, 0.05) is 18.7 Å². The summed E-state index contributed by atoms with van der Waals surface area (Å²) < 4.78 is 25.0. The smallest absolute Gasteiger partial charge is 0.252 e. The van der Waals surface area contributed by atoms with Gasteiger partial charge in [-0.15, -0.1) is 6.58 Å². The second-order valence-corrected chi connectivity index (χ2v) is 7.63. The summed E-state index contributed by atoms with van der Waals surface area (Å²) in [4.78, 5) is 17.6. The Labute approximate surface area is 170 Å². The second kappa shape index (κ2) is 7.29. The van der Waals surface area contributed by atoms with E-state index in [2.05, 4.69) is 11.6 Å². The predicted molar refractivity (Wildman–Crippen MR) is 108 cm³/mol. The van der Waals surface area contributed by atoms with Gasteiger partial charge in [-0.3, -0.25) is 4.79 Å². The molecule has 2 aromatic carbocycles. The van der Waals surface area contributed by atoms with Gasteiger partial charge in [0.05, 0.1) is 16.6 Å². The average molecular weight is 410 g/mol. The molecule has 0 bridgehead atoms. The lowest BCUT2D eigenvalue weighted by molar-refractivity contribution is -0.117. The Morgan fingerprint density at radius 1 is 1.07 bits per heavy atom. The molecule has 1 amide bonds. The van der Waals surface area contributed by atoms with Crippen molar-refractivity contribution in [3.8, 4) is 23.0 Å². The van der Waals surface area contributed by atoms with Gasteiger partial charge in [-0.1, -0.05) is 23.5 Å². The van der Waals surface area contributed by atoms with Crippen LogP contribution in [0.15, 0.2) is 48.0 Å². The highest BCUT2D eigenvalue weighted by Crippen LogP contribution is 2.36. The molecule has 2 aliphatic rings. The zero-order valence-electron chi connectivity index (χ0n) is 15.6. The maximum atomic E-state index is 12.7. The van der Waals surface area contributed by atoms with Crippen molar-refractivity contribution in [2.75, 3.05) is 20.0 Å². The molecule has 0 aliphatic carbocycles. The molecular formula is C21H18N2O5S. The SMILES string of the molecule is C=CCn1c(=NC(=O)Cc2ccc3c(c2)OCO3)sc2cc3c(cc21)OCCO3. The van der Waals surface area contributed by atoms with Gasteiger partial charge in [0.2, 0.25) is 6.79 Å². The molecule has 8 heteroatoms. The van der Waals surface area contributed by atoms with Crippen LogP contribution in [0.2, 0.25) is 0 Å². The van der Waals surface area contributed by atoms with Gasteiger partial charge in [0.25, 0.3) is 5.91 Å². The number of fused-ring (bicyclic) bond motifs is 3. The Bertz CT molecular complexity index is 1190. The highest BCUT2D eigenvalue weighted by atomic mass is 32.1.